The molecule has 0 atom stereocenters. The van der Waals surface area contributed by atoms with E-state index in [1.807, 2.05) is 0 Å². The molecule has 0 unspecified atom stereocenters. The molecule has 0 amide bonds. The zero-order chi connectivity index (χ0) is 13.4. The third kappa shape index (κ3) is 2.67. The fourth-order valence-corrected chi connectivity index (χ4v) is 2.38. The van der Waals surface area contributed by atoms with Crippen molar-refractivity contribution in [3.8, 4) is 0 Å². The Morgan fingerprint density at radius 3 is 2.35 bits per heavy atom. The first-order valence-corrected chi connectivity index (χ1v) is 6.49. The lowest BCUT2D eigenvalue weighted by atomic mass is 10.5. The number of carboxylic acids is 1. The van der Waals surface area contributed by atoms with Gasteiger partial charge in [-0.2, -0.15) is 5.10 Å². The number of aliphatic carboxylic acids is 1. The molecule has 9 heteroatoms. The van der Waals surface area contributed by atoms with Gasteiger partial charge in [0, 0.05) is 20.4 Å². The van der Waals surface area contributed by atoms with Crippen molar-refractivity contribution in [3.63, 3.8) is 0 Å². The molecule has 0 spiro atoms. The lowest BCUT2D eigenvalue weighted by Crippen LogP contribution is -2.14. The largest absolute Gasteiger partial charge is 0.480 e. The van der Waals surface area contributed by atoms with Crippen molar-refractivity contribution in [2.45, 2.75) is 11.4 Å². The molecular formula is C8H14N4O4S. The van der Waals surface area contributed by atoms with E-state index in [9.17, 15) is 13.2 Å². The topological polar surface area (TPSA) is 119 Å². The Labute approximate surface area is 98.5 Å². The van der Waals surface area contributed by atoms with Gasteiger partial charge in [0.1, 0.15) is 12.4 Å². The Hall–Kier alpha value is -1.77. The normalized spacial score (nSPS) is 11.5. The Bertz CT molecular complexity index is 546. The lowest BCUT2D eigenvalue weighted by molar-refractivity contribution is -0.137. The highest BCUT2D eigenvalue weighted by atomic mass is 32.2. The summed E-state index contributed by atoms with van der Waals surface area (Å²) in [6.45, 7) is -0.484. The first-order valence-electron chi connectivity index (χ1n) is 4.60. The number of hydrogen-bond donors (Lipinski definition) is 2. The van der Waals surface area contributed by atoms with Crippen LogP contribution in [0.1, 0.15) is 0 Å². The van der Waals surface area contributed by atoms with E-state index in [1.165, 1.54) is 4.90 Å². The monoisotopic (exact) mass is 262 g/mol. The van der Waals surface area contributed by atoms with Crippen LogP contribution in [-0.4, -0.2) is 49.6 Å². The summed E-state index contributed by atoms with van der Waals surface area (Å²) >= 11 is 0. The zero-order valence-electron chi connectivity index (χ0n) is 9.71. The fraction of sp³-hybridized carbons (Fsp3) is 0.500. The molecule has 96 valence electrons. The van der Waals surface area contributed by atoms with Crippen LogP contribution in [0.15, 0.2) is 4.90 Å². The molecule has 0 radical (unpaired) electrons. The Balaban J connectivity index is 3.47. The number of carboxylic acid groups (broad SMARTS) is 1. The minimum Gasteiger partial charge on any atom is -0.480 e. The van der Waals surface area contributed by atoms with Crippen LogP contribution in [0, 0.1) is 0 Å². The fourth-order valence-electron chi connectivity index (χ4n) is 1.34. The number of carbonyl (C=O) groups is 1. The van der Waals surface area contributed by atoms with Gasteiger partial charge >= 0.3 is 5.97 Å². The molecule has 0 fully saturated rings. The Morgan fingerprint density at radius 2 is 2.06 bits per heavy atom. The highest BCUT2D eigenvalue weighted by Gasteiger charge is 2.25. The van der Waals surface area contributed by atoms with E-state index in [1.54, 1.807) is 14.1 Å². The van der Waals surface area contributed by atoms with Crippen LogP contribution in [-0.2, 0) is 21.2 Å². The van der Waals surface area contributed by atoms with Crippen LogP contribution in [0.4, 0.5) is 11.6 Å². The van der Waals surface area contributed by atoms with Crippen LogP contribution < -0.4 is 10.6 Å². The van der Waals surface area contributed by atoms with E-state index in [0.29, 0.717) is 0 Å². The highest BCUT2D eigenvalue weighted by Crippen LogP contribution is 2.28. The summed E-state index contributed by atoms with van der Waals surface area (Å²) < 4.78 is 24.1. The smallest absolute Gasteiger partial charge is 0.325 e. The van der Waals surface area contributed by atoms with Gasteiger partial charge in [-0.15, -0.1) is 0 Å². The predicted octanol–water partition coefficient (Wildman–Crippen LogP) is -0.981. The number of rotatable bonds is 4. The van der Waals surface area contributed by atoms with Crippen LogP contribution in [0.2, 0.25) is 0 Å². The van der Waals surface area contributed by atoms with Crippen LogP contribution >= 0.6 is 0 Å². The molecule has 0 aliphatic heterocycles. The van der Waals surface area contributed by atoms with Crippen molar-refractivity contribution < 1.29 is 18.3 Å². The summed E-state index contributed by atoms with van der Waals surface area (Å²) in [6.07, 6.45) is 0.998. The van der Waals surface area contributed by atoms with E-state index in [0.717, 1.165) is 10.9 Å². The van der Waals surface area contributed by atoms with Crippen molar-refractivity contribution in [2.75, 3.05) is 31.0 Å². The second-order valence-electron chi connectivity index (χ2n) is 3.76. The van der Waals surface area contributed by atoms with E-state index < -0.39 is 22.4 Å². The minimum absolute atomic E-state index is 0.131. The maximum absolute atomic E-state index is 11.6. The van der Waals surface area contributed by atoms with Crippen molar-refractivity contribution >= 4 is 27.4 Å². The molecule has 1 aromatic heterocycles. The van der Waals surface area contributed by atoms with E-state index in [-0.39, 0.29) is 16.5 Å². The van der Waals surface area contributed by atoms with Crippen LogP contribution in [0.25, 0.3) is 0 Å². The zero-order valence-corrected chi connectivity index (χ0v) is 10.5. The van der Waals surface area contributed by atoms with Gasteiger partial charge in [-0.05, 0) is 0 Å². The first-order chi connectivity index (χ1) is 7.64. The second-order valence-corrected chi connectivity index (χ2v) is 5.71. The number of nitrogens with zero attached hydrogens (tertiary/aromatic N) is 3. The van der Waals surface area contributed by atoms with Gasteiger partial charge in [-0.3, -0.25) is 4.79 Å². The second kappa shape index (κ2) is 4.24. The summed E-state index contributed by atoms with van der Waals surface area (Å²) in [6, 6.07) is 0. The maximum atomic E-state index is 11.6. The van der Waals surface area contributed by atoms with Crippen LogP contribution in [0.5, 0.6) is 0 Å². The minimum atomic E-state index is -3.57. The highest BCUT2D eigenvalue weighted by molar-refractivity contribution is 7.91. The Kier molecular flexibility index (Phi) is 3.32. The lowest BCUT2D eigenvalue weighted by Gasteiger charge is -2.09. The number of sulfone groups is 1. The van der Waals surface area contributed by atoms with Gasteiger partial charge in [0.15, 0.2) is 20.6 Å². The molecule has 1 aromatic rings. The Morgan fingerprint density at radius 1 is 1.53 bits per heavy atom. The van der Waals surface area contributed by atoms with E-state index in [4.69, 9.17) is 10.8 Å². The molecular weight excluding hydrogens is 248 g/mol. The molecule has 17 heavy (non-hydrogen) atoms. The third-order valence-electron chi connectivity index (χ3n) is 2.01. The number of aromatic nitrogens is 2. The molecule has 1 rings (SSSR count). The molecule has 0 aliphatic carbocycles. The average Bonchev–Trinajstić information content (AvgIpc) is 2.42. The number of hydrogen-bond acceptors (Lipinski definition) is 6. The third-order valence-corrected chi connectivity index (χ3v) is 3.14. The van der Waals surface area contributed by atoms with Gasteiger partial charge in [-0.25, -0.2) is 13.1 Å². The molecule has 0 saturated heterocycles. The number of anilines is 2. The summed E-state index contributed by atoms with van der Waals surface area (Å²) in [4.78, 5) is 11.9. The van der Waals surface area contributed by atoms with Gasteiger partial charge < -0.3 is 15.7 Å². The SMILES string of the molecule is CN(C)c1nn(CC(=O)O)c(N)c1S(C)(=O)=O. The molecule has 1 heterocycles. The standard InChI is InChI=1S/C8H14N4O4S/c1-11(2)8-6(17(3,15)16)7(9)12(10-8)4-5(13)14/h4,9H2,1-3H3,(H,13,14). The van der Waals surface area contributed by atoms with E-state index in [2.05, 4.69) is 5.10 Å². The first kappa shape index (κ1) is 13.3. The molecule has 0 aliphatic rings. The predicted molar refractivity (Wildman–Crippen MR) is 61.7 cm³/mol. The van der Waals surface area contributed by atoms with E-state index >= 15 is 0 Å². The van der Waals surface area contributed by atoms with Crippen molar-refractivity contribution in [2.24, 2.45) is 0 Å². The molecule has 0 saturated carbocycles. The van der Waals surface area contributed by atoms with Gasteiger partial charge in [0.05, 0.1) is 0 Å². The molecule has 0 bridgehead atoms. The summed E-state index contributed by atoms with van der Waals surface area (Å²) in [5.41, 5.74) is 5.61. The number of nitrogen functional groups attached to an aromatic ring is 1. The summed E-state index contributed by atoms with van der Waals surface area (Å²) in [5, 5.41) is 12.5. The van der Waals surface area contributed by atoms with Gasteiger partial charge in [0.2, 0.25) is 0 Å². The number of nitrogens with two attached hydrogens (primary N) is 1. The van der Waals surface area contributed by atoms with Crippen molar-refractivity contribution in [1.29, 1.82) is 0 Å². The quantitative estimate of drug-likeness (QED) is 0.715. The average molecular weight is 262 g/mol. The van der Waals surface area contributed by atoms with Gasteiger partial charge in [0.25, 0.3) is 0 Å². The molecule has 8 nitrogen and oxygen atoms in total. The van der Waals surface area contributed by atoms with Crippen LogP contribution in [0.3, 0.4) is 0 Å². The van der Waals surface area contributed by atoms with Crippen molar-refractivity contribution in [3.05, 3.63) is 0 Å². The molecule has 0 aromatic carbocycles. The maximum Gasteiger partial charge on any atom is 0.325 e. The molecule has 3 N–H and O–H groups in total. The van der Waals surface area contributed by atoms with Gasteiger partial charge in [-0.1, -0.05) is 0 Å². The van der Waals surface area contributed by atoms with Crippen molar-refractivity contribution in [1.82, 2.24) is 9.78 Å². The summed E-state index contributed by atoms with van der Waals surface area (Å²) in [5.74, 6) is -1.19. The summed E-state index contributed by atoms with van der Waals surface area (Å²) in [7, 11) is -0.370.